The SMILES string of the molecule is O=C(O)CCCCC(=O)OCCOCCOCCOCCOCCOCCOCCOCCOCCOCCC(=O)O. The number of carboxylic acid groups (broad SMARTS) is 2. The predicted octanol–water partition coefficient (Wildman–Crippen LogP) is 0.799. The highest BCUT2D eigenvalue weighted by molar-refractivity contribution is 5.69. The average molecular weight is 615 g/mol. The zero-order valence-electron chi connectivity index (χ0n) is 24.7. The molecular formula is C27H50O15. The van der Waals surface area contributed by atoms with Crippen molar-refractivity contribution in [1.29, 1.82) is 0 Å². The van der Waals surface area contributed by atoms with Crippen molar-refractivity contribution < 1.29 is 72.0 Å². The number of ether oxygens (including phenoxy) is 10. The molecule has 15 heteroatoms. The Morgan fingerprint density at radius 1 is 0.333 bits per heavy atom. The Kier molecular flexibility index (Phi) is 32.0. The van der Waals surface area contributed by atoms with Gasteiger partial charge in [-0.3, -0.25) is 14.4 Å². The van der Waals surface area contributed by atoms with E-state index in [9.17, 15) is 14.4 Å². The van der Waals surface area contributed by atoms with Crippen LogP contribution in [0.2, 0.25) is 0 Å². The van der Waals surface area contributed by atoms with Gasteiger partial charge in [-0.25, -0.2) is 0 Å². The molecule has 0 radical (unpaired) electrons. The molecule has 0 unspecified atom stereocenters. The lowest BCUT2D eigenvalue weighted by molar-refractivity contribution is -0.146. The summed E-state index contributed by atoms with van der Waals surface area (Å²) in [5, 5.41) is 17.0. The molecule has 0 fully saturated rings. The highest BCUT2D eigenvalue weighted by atomic mass is 16.6. The Balaban J connectivity index is 3.10. The number of rotatable bonds is 35. The zero-order chi connectivity index (χ0) is 30.8. The van der Waals surface area contributed by atoms with Crippen LogP contribution >= 0.6 is 0 Å². The molecule has 0 aromatic carbocycles. The van der Waals surface area contributed by atoms with E-state index in [0.717, 1.165) is 0 Å². The van der Waals surface area contributed by atoms with Gasteiger partial charge in [-0.05, 0) is 12.8 Å². The van der Waals surface area contributed by atoms with Crippen LogP contribution < -0.4 is 0 Å². The number of hydrogen-bond donors (Lipinski definition) is 2. The lowest BCUT2D eigenvalue weighted by Gasteiger charge is -2.09. The summed E-state index contributed by atoms with van der Waals surface area (Å²) in [6.07, 6.45) is 1.21. The number of carbonyl (C=O) groups is 3. The molecule has 0 aliphatic heterocycles. The second kappa shape index (κ2) is 33.6. The van der Waals surface area contributed by atoms with Crippen molar-refractivity contribution in [2.24, 2.45) is 0 Å². The van der Waals surface area contributed by atoms with Crippen LogP contribution in [0.15, 0.2) is 0 Å². The normalized spacial score (nSPS) is 11.1. The first-order valence-corrected chi connectivity index (χ1v) is 14.3. The van der Waals surface area contributed by atoms with Gasteiger partial charge in [0, 0.05) is 12.8 Å². The Morgan fingerprint density at radius 2 is 0.595 bits per heavy atom. The van der Waals surface area contributed by atoms with E-state index >= 15 is 0 Å². The van der Waals surface area contributed by atoms with Crippen molar-refractivity contribution in [1.82, 2.24) is 0 Å². The van der Waals surface area contributed by atoms with E-state index in [4.69, 9.17) is 57.6 Å². The molecule has 0 saturated carbocycles. The largest absolute Gasteiger partial charge is 0.481 e. The van der Waals surface area contributed by atoms with E-state index in [1.165, 1.54) is 0 Å². The van der Waals surface area contributed by atoms with Crippen molar-refractivity contribution in [3.63, 3.8) is 0 Å². The minimum absolute atomic E-state index is 0.0101. The molecule has 2 N–H and O–H groups in total. The first kappa shape index (κ1) is 40.1. The third-order valence-electron chi connectivity index (χ3n) is 4.95. The average Bonchev–Trinajstić information content (AvgIpc) is 2.96. The Hall–Kier alpha value is -1.95. The molecule has 0 aliphatic carbocycles. The second-order valence-electron chi connectivity index (χ2n) is 8.48. The minimum atomic E-state index is -0.882. The molecule has 0 aromatic heterocycles. The molecule has 0 atom stereocenters. The van der Waals surface area contributed by atoms with Crippen molar-refractivity contribution >= 4 is 17.9 Å². The summed E-state index contributed by atoms with van der Waals surface area (Å²) in [5.41, 5.74) is 0. The highest BCUT2D eigenvalue weighted by Gasteiger charge is 2.04. The zero-order valence-corrected chi connectivity index (χ0v) is 24.7. The Bertz CT molecular complexity index is 620. The number of carbonyl (C=O) groups excluding carboxylic acids is 1. The van der Waals surface area contributed by atoms with Crippen molar-refractivity contribution in [3.05, 3.63) is 0 Å². The molecule has 15 nitrogen and oxygen atoms in total. The minimum Gasteiger partial charge on any atom is -0.481 e. The third-order valence-corrected chi connectivity index (χ3v) is 4.95. The first-order chi connectivity index (χ1) is 20.5. The van der Waals surface area contributed by atoms with E-state index in [1.807, 2.05) is 0 Å². The molecule has 0 heterocycles. The molecule has 0 amide bonds. The van der Waals surface area contributed by atoms with Crippen LogP contribution in [-0.4, -0.2) is 154 Å². The Morgan fingerprint density at radius 3 is 0.905 bits per heavy atom. The van der Waals surface area contributed by atoms with Gasteiger partial charge in [0.1, 0.15) is 6.61 Å². The van der Waals surface area contributed by atoms with E-state index in [0.29, 0.717) is 119 Å². The van der Waals surface area contributed by atoms with Gasteiger partial charge in [0.05, 0.1) is 125 Å². The van der Waals surface area contributed by atoms with Crippen LogP contribution in [0.25, 0.3) is 0 Å². The fourth-order valence-electron chi connectivity index (χ4n) is 2.85. The van der Waals surface area contributed by atoms with E-state index in [-0.39, 0.29) is 45.1 Å². The number of carboxylic acids is 2. The van der Waals surface area contributed by atoms with E-state index in [2.05, 4.69) is 0 Å². The fraction of sp³-hybridized carbons (Fsp3) is 0.889. The summed E-state index contributed by atoms with van der Waals surface area (Å²) >= 11 is 0. The summed E-state index contributed by atoms with van der Waals surface area (Å²) in [5.74, 6) is -2.10. The van der Waals surface area contributed by atoms with E-state index in [1.54, 1.807) is 0 Å². The quantitative estimate of drug-likeness (QED) is 0.0754. The lowest BCUT2D eigenvalue weighted by Crippen LogP contribution is -2.15. The van der Waals surface area contributed by atoms with Gasteiger partial charge in [-0.15, -0.1) is 0 Å². The summed E-state index contributed by atoms with van der Waals surface area (Å²) in [7, 11) is 0. The number of hydrogen-bond acceptors (Lipinski definition) is 13. The van der Waals surface area contributed by atoms with Crippen LogP contribution in [0.4, 0.5) is 0 Å². The maximum Gasteiger partial charge on any atom is 0.305 e. The monoisotopic (exact) mass is 614 g/mol. The Labute approximate surface area is 247 Å². The summed E-state index contributed by atoms with van der Waals surface area (Å²) < 4.78 is 53.1. The van der Waals surface area contributed by atoms with Gasteiger partial charge >= 0.3 is 17.9 Å². The van der Waals surface area contributed by atoms with Crippen molar-refractivity contribution in [2.45, 2.75) is 32.1 Å². The molecule has 0 aliphatic rings. The molecule has 0 saturated heterocycles. The standard InChI is InChI=1S/C27H50O15/c28-25(29)3-1-2-4-27(32)42-24-23-41-22-21-40-20-19-39-18-17-38-16-15-37-14-13-36-12-11-35-10-9-34-8-7-33-6-5-26(30)31/h1-24H2,(H,28,29)(H,30,31). The molecular weight excluding hydrogens is 564 g/mol. The smallest absolute Gasteiger partial charge is 0.305 e. The summed E-state index contributed by atoms with van der Waals surface area (Å²) in [6, 6.07) is 0. The third kappa shape index (κ3) is 36.1. The number of aliphatic carboxylic acids is 2. The van der Waals surface area contributed by atoms with Crippen LogP contribution in [0.3, 0.4) is 0 Å². The maximum atomic E-state index is 11.4. The second-order valence-corrected chi connectivity index (χ2v) is 8.48. The fourth-order valence-corrected chi connectivity index (χ4v) is 2.85. The summed E-state index contributed by atoms with van der Waals surface area (Å²) in [4.78, 5) is 32.2. The van der Waals surface area contributed by atoms with Gasteiger partial charge in [0.15, 0.2) is 0 Å². The van der Waals surface area contributed by atoms with Crippen LogP contribution in [0.1, 0.15) is 32.1 Å². The summed E-state index contributed by atoms with van der Waals surface area (Å²) in [6.45, 7) is 7.61. The molecule has 0 rings (SSSR count). The van der Waals surface area contributed by atoms with E-state index < -0.39 is 11.9 Å². The number of esters is 1. The van der Waals surface area contributed by atoms with Crippen LogP contribution in [0.5, 0.6) is 0 Å². The molecule has 0 aromatic rings. The number of unbranched alkanes of at least 4 members (excludes halogenated alkanes) is 1. The highest BCUT2D eigenvalue weighted by Crippen LogP contribution is 2.01. The van der Waals surface area contributed by atoms with Crippen LogP contribution in [0, 0.1) is 0 Å². The maximum absolute atomic E-state index is 11.4. The topological polar surface area (TPSA) is 184 Å². The van der Waals surface area contributed by atoms with Crippen LogP contribution in [-0.2, 0) is 61.8 Å². The molecule has 0 spiro atoms. The van der Waals surface area contributed by atoms with Gasteiger partial charge in [0.25, 0.3) is 0 Å². The van der Waals surface area contributed by atoms with Gasteiger partial charge in [-0.1, -0.05) is 0 Å². The van der Waals surface area contributed by atoms with Crippen molar-refractivity contribution in [2.75, 3.05) is 126 Å². The lowest BCUT2D eigenvalue weighted by atomic mass is 10.2. The van der Waals surface area contributed by atoms with Gasteiger partial charge < -0.3 is 57.6 Å². The molecule has 42 heavy (non-hydrogen) atoms. The first-order valence-electron chi connectivity index (χ1n) is 14.3. The van der Waals surface area contributed by atoms with Crippen molar-refractivity contribution in [3.8, 4) is 0 Å². The predicted molar refractivity (Wildman–Crippen MR) is 147 cm³/mol. The molecule has 0 bridgehead atoms. The van der Waals surface area contributed by atoms with Gasteiger partial charge in [0.2, 0.25) is 0 Å². The molecule has 248 valence electrons. The van der Waals surface area contributed by atoms with Gasteiger partial charge in [-0.2, -0.15) is 0 Å².